The molecule has 0 aromatic heterocycles. The fraction of sp³-hybridized carbons (Fsp3) is 0.923. The molecule has 0 N–H and O–H groups in total. The van der Waals surface area contributed by atoms with Gasteiger partial charge in [-0.15, -0.1) is 0 Å². The number of hydrogen-bond acceptors (Lipinski definition) is 2. The standard InChI is InChI=1S/C13H23NOS/c1-5-16(15)12-8-11(13(2,3)4)7-6-10(12)9-14/h10-12H,5-8H2,1-4H3. The van der Waals surface area contributed by atoms with Crippen molar-refractivity contribution in [2.24, 2.45) is 17.3 Å². The van der Waals surface area contributed by atoms with Crippen molar-refractivity contribution in [3.8, 4) is 6.07 Å². The second kappa shape index (κ2) is 5.31. The normalized spacial score (nSPS) is 33.1. The van der Waals surface area contributed by atoms with Crippen LogP contribution in [0.3, 0.4) is 0 Å². The van der Waals surface area contributed by atoms with E-state index >= 15 is 0 Å². The molecule has 0 radical (unpaired) electrons. The lowest BCUT2D eigenvalue weighted by atomic mass is 9.70. The summed E-state index contributed by atoms with van der Waals surface area (Å²) in [6.07, 6.45) is 3.00. The fourth-order valence-corrected chi connectivity index (χ4v) is 4.01. The van der Waals surface area contributed by atoms with E-state index in [2.05, 4.69) is 26.8 Å². The van der Waals surface area contributed by atoms with Gasteiger partial charge in [-0.1, -0.05) is 27.7 Å². The Morgan fingerprint density at radius 2 is 2.00 bits per heavy atom. The van der Waals surface area contributed by atoms with E-state index in [0.29, 0.717) is 11.7 Å². The predicted octanol–water partition coefficient (Wildman–Crippen LogP) is 3.11. The number of hydrogen-bond donors (Lipinski definition) is 0. The second-order valence-electron chi connectivity index (χ2n) is 5.82. The molecule has 0 heterocycles. The van der Waals surface area contributed by atoms with Crippen LogP contribution in [-0.2, 0) is 10.8 Å². The minimum atomic E-state index is -0.821. The third kappa shape index (κ3) is 3.07. The molecule has 3 heteroatoms. The maximum atomic E-state index is 12.0. The maximum absolute atomic E-state index is 12.0. The molecule has 0 spiro atoms. The van der Waals surface area contributed by atoms with Crippen molar-refractivity contribution in [3.63, 3.8) is 0 Å². The average molecular weight is 241 g/mol. The Morgan fingerprint density at radius 1 is 1.38 bits per heavy atom. The Labute approximate surface area is 102 Å². The number of nitriles is 1. The third-order valence-corrected chi connectivity index (χ3v) is 5.57. The van der Waals surface area contributed by atoms with Crippen molar-refractivity contribution in [2.75, 3.05) is 5.75 Å². The molecule has 0 amide bonds. The zero-order valence-electron chi connectivity index (χ0n) is 10.8. The SMILES string of the molecule is CCS(=O)C1CC(C(C)(C)C)CCC1C#N. The van der Waals surface area contributed by atoms with Gasteiger partial charge in [0.05, 0.1) is 17.2 Å². The monoisotopic (exact) mass is 241 g/mol. The summed E-state index contributed by atoms with van der Waals surface area (Å²) < 4.78 is 12.0. The van der Waals surface area contributed by atoms with Gasteiger partial charge in [0.15, 0.2) is 0 Å². The molecule has 92 valence electrons. The highest BCUT2D eigenvalue weighted by molar-refractivity contribution is 7.85. The van der Waals surface area contributed by atoms with Crippen molar-refractivity contribution in [1.29, 1.82) is 5.26 Å². The van der Waals surface area contributed by atoms with Gasteiger partial charge in [-0.2, -0.15) is 5.26 Å². The molecule has 1 saturated carbocycles. The second-order valence-corrected chi connectivity index (χ2v) is 7.76. The zero-order chi connectivity index (χ0) is 12.3. The first-order valence-electron chi connectivity index (χ1n) is 6.17. The van der Waals surface area contributed by atoms with Crippen LogP contribution in [-0.4, -0.2) is 15.2 Å². The lowest BCUT2D eigenvalue weighted by Crippen LogP contribution is -2.37. The third-order valence-electron chi connectivity index (χ3n) is 3.80. The molecule has 0 bridgehead atoms. The average Bonchev–Trinajstić information content (AvgIpc) is 2.25. The first-order chi connectivity index (χ1) is 7.40. The van der Waals surface area contributed by atoms with Crippen molar-refractivity contribution in [2.45, 2.75) is 52.2 Å². The van der Waals surface area contributed by atoms with E-state index in [1.165, 1.54) is 0 Å². The Hall–Kier alpha value is -0.360. The van der Waals surface area contributed by atoms with Gasteiger partial charge < -0.3 is 0 Å². The molecule has 1 aliphatic rings. The highest BCUT2D eigenvalue weighted by Gasteiger charge is 2.38. The molecular weight excluding hydrogens is 218 g/mol. The van der Waals surface area contributed by atoms with E-state index in [9.17, 15) is 4.21 Å². The van der Waals surface area contributed by atoms with Gasteiger partial charge in [0, 0.05) is 16.6 Å². The van der Waals surface area contributed by atoms with Crippen LogP contribution in [0.2, 0.25) is 0 Å². The molecule has 1 aliphatic carbocycles. The molecule has 1 rings (SSSR count). The molecule has 4 atom stereocenters. The Bertz CT molecular complexity index is 300. The molecule has 16 heavy (non-hydrogen) atoms. The Morgan fingerprint density at radius 3 is 2.44 bits per heavy atom. The summed E-state index contributed by atoms with van der Waals surface area (Å²) in [5.41, 5.74) is 0.274. The lowest BCUT2D eigenvalue weighted by molar-refractivity contribution is 0.167. The van der Waals surface area contributed by atoms with E-state index in [1.807, 2.05) is 6.92 Å². The largest absolute Gasteiger partial charge is 0.259 e. The van der Waals surface area contributed by atoms with Crippen LogP contribution in [0.1, 0.15) is 47.0 Å². The van der Waals surface area contributed by atoms with Gasteiger partial charge in [0.2, 0.25) is 0 Å². The minimum Gasteiger partial charge on any atom is -0.259 e. The van der Waals surface area contributed by atoms with Crippen molar-refractivity contribution in [1.82, 2.24) is 0 Å². The van der Waals surface area contributed by atoms with Crippen LogP contribution in [0.5, 0.6) is 0 Å². The minimum absolute atomic E-state index is 0.0133. The van der Waals surface area contributed by atoms with Crippen LogP contribution >= 0.6 is 0 Å². The van der Waals surface area contributed by atoms with Gasteiger partial charge in [-0.3, -0.25) is 4.21 Å². The topological polar surface area (TPSA) is 40.9 Å². The summed E-state index contributed by atoms with van der Waals surface area (Å²) >= 11 is 0. The molecule has 4 unspecified atom stereocenters. The van der Waals surface area contributed by atoms with Crippen LogP contribution in [0, 0.1) is 28.6 Å². The van der Waals surface area contributed by atoms with Gasteiger partial charge in [0.1, 0.15) is 0 Å². The van der Waals surface area contributed by atoms with Crippen LogP contribution in [0.4, 0.5) is 0 Å². The molecule has 0 aliphatic heterocycles. The quantitative estimate of drug-likeness (QED) is 0.745. The summed E-state index contributed by atoms with van der Waals surface area (Å²) in [5, 5.41) is 9.22. The van der Waals surface area contributed by atoms with Crippen LogP contribution < -0.4 is 0 Å². The van der Waals surface area contributed by atoms with Crippen molar-refractivity contribution in [3.05, 3.63) is 0 Å². The van der Waals surface area contributed by atoms with E-state index < -0.39 is 10.8 Å². The van der Waals surface area contributed by atoms with E-state index in [1.54, 1.807) is 0 Å². The Kier molecular flexibility index (Phi) is 4.55. The van der Waals surface area contributed by atoms with Gasteiger partial charge >= 0.3 is 0 Å². The van der Waals surface area contributed by atoms with Crippen molar-refractivity contribution >= 4 is 10.8 Å². The molecule has 1 fully saturated rings. The number of nitrogens with zero attached hydrogens (tertiary/aromatic N) is 1. The molecule has 0 aromatic carbocycles. The van der Waals surface area contributed by atoms with Crippen LogP contribution in [0.15, 0.2) is 0 Å². The molecule has 0 aromatic rings. The van der Waals surface area contributed by atoms with Crippen LogP contribution in [0.25, 0.3) is 0 Å². The maximum Gasteiger partial charge on any atom is 0.0668 e. The Balaban J connectivity index is 2.78. The summed E-state index contributed by atoms with van der Waals surface area (Å²) in [6.45, 7) is 8.69. The fourth-order valence-electron chi connectivity index (χ4n) is 2.57. The zero-order valence-corrected chi connectivity index (χ0v) is 11.6. The van der Waals surface area contributed by atoms with E-state index in [-0.39, 0.29) is 16.6 Å². The summed E-state index contributed by atoms with van der Waals surface area (Å²) in [7, 11) is -0.821. The van der Waals surface area contributed by atoms with Gasteiger partial charge in [-0.05, 0) is 30.6 Å². The molecule has 2 nitrogen and oxygen atoms in total. The predicted molar refractivity (Wildman–Crippen MR) is 68.4 cm³/mol. The van der Waals surface area contributed by atoms with E-state index in [4.69, 9.17) is 5.26 Å². The number of rotatable bonds is 2. The summed E-state index contributed by atoms with van der Waals surface area (Å²) in [4.78, 5) is 0. The first kappa shape index (κ1) is 13.7. The molecular formula is C13H23NOS. The smallest absolute Gasteiger partial charge is 0.0668 e. The van der Waals surface area contributed by atoms with E-state index in [0.717, 1.165) is 19.3 Å². The van der Waals surface area contributed by atoms with Gasteiger partial charge in [0.25, 0.3) is 0 Å². The van der Waals surface area contributed by atoms with Gasteiger partial charge in [-0.25, -0.2) is 0 Å². The lowest BCUT2D eigenvalue weighted by Gasteiger charge is -2.39. The summed E-state index contributed by atoms with van der Waals surface area (Å²) in [5.74, 6) is 1.30. The molecule has 0 saturated heterocycles. The highest BCUT2D eigenvalue weighted by atomic mass is 32.2. The van der Waals surface area contributed by atoms with Crippen molar-refractivity contribution < 1.29 is 4.21 Å². The first-order valence-corrected chi connectivity index (χ1v) is 7.55. The highest BCUT2D eigenvalue weighted by Crippen LogP contribution is 2.41. The summed E-state index contributed by atoms with van der Waals surface area (Å²) in [6, 6.07) is 2.35.